The molecule has 4 rings (SSSR count). The minimum Gasteiger partial charge on any atom is -0.444 e. The van der Waals surface area contributed by atoms with Gasteiger partial charge >= 0.3 is 6.09 Å². The number of ether oxygens (including phenoxy) is 1. The molecule has 1 amide bonds. The van der Waals surface area contributed by atoms with Crippen molar-refractivity contribution in [3.8, 4) is 0 Å². The molecule has 1 N–H and O–H groups in total. The zero-order valence-electron chi connectivity index (χ0n) is 18.5. The van der Waals surface area contributed by atoms with E-state index in [0.717, 1.165) is 21.9 Å². The second-order valence-corrected chi connectivity index (χ2v) is 9.03. The van der Waals surface area contributed by atoms with Crippen molar-refractivity contribution in [2.45, 2.75) is 50.8 Å². The highest BCUT2D eigenvalue weighted by Gasteiger charge is 2.37. The topological polar surface area (TPSA) is 88.3 Å². The number of alkyl carbamates (subject to hydrolysis) is 1. The zero-order chi connectivity index (χ0) is 22.6. The Kier molecular flexibility index (Phi) is 5.99. The third-order valence-corrected chi connectivity index (χ3v) is 5.29. The molecule has 0 bridgehead atoms. The highest BCUT2D eigenvalue weighted by Crippen LogP contribution is 2.35. The van der Waals surface area contributed by atoms with E-state index in [4.69, 9.17) is 4.74 Å². The number of hydrogen-bond acceptors (Lipinski definition) is 6. The minimum atomic E-state index is -0.772. The maximum atomic E-state index is 12.6. The number of rotatable bonds is 6. The van der Waals surface area contributed by atoms with Gasteiger partial charge in [0.05, 0.1) is 6.21 Å². The number of amides is 1. The molecule has 1 aromatic heterocycles. The van der Waals surface area contributed by atoms with Crippen LogP contribution in [0.5, 0.6) is 0 Å². The molecule has 0 fully saturated rings. The molecule has 164 valence electrons. The van der Waals surface area contributed by atoms with Gasteiger partial charge in [0.25, 0.3) is 0 Å². The van der Waals surface area contributed by atoms with Gasteiger partial charge in [-0.25, -0.2) is 4.79 Å². The van der Waals surface area contributed by atoms with E-state index in [1.165, 1.54) is 0 Å². The largest absolute Gasteiger partial charge is 0.444 e. The van der Waals surface area contributed by atoms with E-state index in [-0.39, 0.29) is 6.04 Å². The summed E-state index contributed by atoms with van der Waals surface area (Å²) >= 11 is 0. The maximum absolute atomic E-state index is 12.6. The van der Waals surface area contributed by atoms with Gasteiger partial charge in [-0.05, 0) is 61.1 Å². The summed E-state index contributed by atoms with van der Waals surface area (Å²) in [5.41, 5.74) is 0.719. The Hall–Kier alpha value is -3.61. The molecule has 0 saturated carbocycles. The molecule has 1 aliphatic heterocycles. The minimum absolute atomic E-state index is 0.246. The fourth-order valence-electron chi connectivity index (χ4n) is 3.87. The molecule has 3 aromatic rings. The quantitative estimate of drug-likeness (QED) is 0.568. The van der Waals surface area contributed by atoms with Gasteiger partial charge in [-0.3, -0.25) is 4.98 Å². The number of fused-ring (bicyclic) bond motifs is 1. The zero-order valence-corrected chi connectivity index (χ0v) is 18.5. The van der Waals surface area contributed by atoms with E-state index in [1.54, 1.807) is 12.4 Å². The van der Waals surface area contributed by atoms with Crippen LogP contribution in [0, 0.1) is 0 Å². The first kappa shape index (κ1) is 21.6. The highest BCUT2D eigenvalue weighted by molar-refractivity contribution is 5.85. The highest BCUT2D eigenvalue weighted by atomic mass is 16.6. The Morgan fingerprint density at radius 2 is 1.91 bits per heavy atom. The van der Waals surface area contributed by atoms with E-state index in [2.05, 4.69) is 31.8 Å². The summed E-state index contributed by atoms with van der Waals surface area (Å²) in [6.45, 7) is 5.55. The van der Waals surface area contributed by atoms with Gasteiger partial charge in [-0.15, -0.1) is 5.10 Å². The second kappa shape index (κ2) is 8.86. The van der Waals surface area contributed by atoms with Crippen molar-refractivity contribution in [2.24, 2.45) is 15.4 Å². The van der Waals surface area contributed by atoms with Crippen molar-refractivity contribution in [1.29, 1.82) is 0 Å². The number of hydrogen-bond donors (Lipinski definition) is 1. The lowest BCUT2D eigenvalue weighted by atomic mass is 9.83. The Morgan fingerprint density at radius 3 is 2.62 bits per heavy atom. The number of nitrogens with zero attached hydrogens (tertiary/aromatic N) is 4. The summed E-state index contributed by atoms with van der Waals surface area (Å²) in [7, 11) is 0. The van der Waals surface area contributed by atoms with Crippen LogP contribution in [-0.4, -0.2) is 28.9 Å². The number of carbonyl (C=O) groups is 1. The molecule has 2 atom stereocenters. The molecule has 0 spiro atoms. The van der Waals surface area contributed by atoms with Crippen LogP contribution in [0.4, 0.5) is 4.79 Å². The van der Waals surface area contributed by atoms with Crippen LogP contribution < -0.4 is 5.32 Å². The average molecular weight is 430 g/mol. The van der Waals surface area contributed by atoms with Gasteiger partial charge < -0.3 is 10.1 Å². The molecular formula is C25H27N5O2. The Morgan fingerprint density at radius 1 is 1.09 bits per heavy atom. The van der Waals surface area contributed by atoms with Crippen molar-refractivity contribution in [3.05, 3.63) is 78.1 Å². The standard InChI is InChI=1S/C25H27N5O2/c1-24(2,3)32-23(31)28-22(13-18-7-5-4-6-8-18)15-25(17-27-30-29-25)21-10-9-20-16-26-12-11-19(20)14-21/h4-12,14,16-17,22H,13,15H2,1-3H3,(H,28,31)/t22-,25?/m0/s1. The number of pyridine rings is 1. The van der Waals surface area contributed by atoms with Gasteiger partial charge in [-0.2, -0.15) is 5.11 Å². The van der Waals surface area contributed by atoms with E-state index < -0.39 is 17.2 Å². The molecule has 1 unspecified atom stereocenters. The van der Waals surface area contributed by atoms with Gasteiger partial charge in [0.1, 0.15) is 11.1 Å². The fraction of sp³-hybridized carbons (Fsp3) is 0.320. The monoisotopic (exact) mass is 429 g/mol. The predicted molar refractivity (Wildman–Crippen MR) is 125 cm³/mol. The summed E-state index contributed by atoms with van der Waals surface area (Å²) in [6.07, 6.45) is 6.02. The summed E-state index contributed by atoms with van der Waals surface area (Å²) < 4.78 is 5.52. The van der Waals surface area contributed by atoms with E-state index >= 15 is 0 Å². The maximum Gasteiger partial charge on any atom is 0.407 e. The van der Waals surface area contributed by atoms with Gasteiger partial charge in [0, 0.05) is 30.2 Å². The van der Waals surface area contributed by atoms with Gasteiger partial charge in [0.15, 0.2) is 0 Å². The van der Waals surface area contributed by atoms with E-state index in [1.807, 2.05) is 75.5 Å². The van der Waals surface area contributed by atoms with Crippen molar-refractivity contribution < 1.29 is 9.53 Å². The van der Waals surface area contributed by atoms with Crippen molar-refractivity contribution in [3.63, 3.8) is 0 Å². The Balaban J connectivity index is 1.64. The number of aromatic nitrogens is 1. The van der Waals surface area contributed by atoms with Crippen molar-refractivity contribution >= 4 is 23.1 Å². The number of nitrogens with one attached hydrogen (secondary N) is 1. The lowest BCUT2D eigenvalue weighted by molar-refractivity contribution is 0.0498. The van der Waals surface area contributed by atoms with Crippen LogP contribution in [0.3, 0.4) is 0 Å². The molecule has 7 nitrogen and oxygen atoms in total. The molecule has 0 radical (unpaired) electrons. The first-order chi connectivity index (χ1) is 15.3. The van der Waals surface area contributed by atoms with Gasteiger partial charge in [-0.1, -0.05) is 42.5 Å². The normalized spacial score (nSPS) is 18.6. The summed E-state index contributed by atoms with van der Waals surface area (Å²) in [5, 5.41) is 17.7. The number of carbonyl (C=O) groups excluding carboxylic acids is 1. The van der Waals surface area contributed by atoms with Crippen LogP contribution in [-0.2, 0) is 16.7 Å². The second-order valence-electron chi connectivity index (χ2n) is 9.03. The fourth-order valence-corrected chi connectivity index (χ4v) is 3.87. The van der Waals surface area contributed by atoms with Crippen LogP contribution in [0.1, 0.15) is 38.3 Å². The third-order valence-electron chi connectivity index (χ3n) is 5.29. The smallest absolute Gasteiger partial charge is 0.407 e. The summed E-state index contributed by atoms with van der Waals surface area (Å²) in [5.74, 6) is 0. The molecule has 32 heavy (non-hydrogen) atoms. The SMILES string of the molecule is CC(C)(C)OC(=O)N[C@@H](Cc1ccccc1)CC1(c2ccc3cnccc3c2)C=NN=N1. The van der Waals surface area contributed by atoms with Crippen molar-refractivity contribution in [2.75, 3.05) is 0 Å². The lowest BCUT2D eigenvalue weighted by Gasteiger charge is -2.29. The summed E-state index contributed by atoms with van der Waals surface area (Å²) in [4.78, 5) is 16.8. The third kappa shape index (κ3) is 5.17. The van der Waals surface area contributed by atoms with Crippen molar-refractivity contribution in [1.82, 2.24) is 10.3 Å². The van der Waals surface area contributed by atoms with Crippen LogP contribution >= 0.6 is 0 Å². The van der Waals surface area contributed by atoms with Crippen LogP contribution in [0.25, 0.3) is 10.8 Å². The molecule has 0 aliphatic carbocycles. The predicted octanol–water partition coefficient (Wildman–Crippen LogP) is 5.41. The van der Waals surface area contributed by atoms with E-state index in [0.29, 0.717) is 12.8 Å². The first-order valence-corrected chi connectivity index (χ1v) is 10.7. The Bertz CT molecular complexity index is 1140. The molecular weight excluding hydrogens is 402 g/mol. The first-order valence-electron chi connectivity index (χ1n) is 10.7. The molecule has 2 heterocycles. The molecule has 1 aliphatic rings. The Labute approximate surface area is 187 Å². The van der Waals surface area contributed by atoms with Crippen LogP contribution in [0.2, 0.25) is 0 Å². The summed E-state index contributed by atoms with van der Waals surface area (Å²) in [6, 6.07) is 17.9. The van der Waals surface area contributed by atoms with E-state index in [9.17, 15) is 4.79 Å². The average Bonchev–Trinajstić information content (AvgIpc) is 3.22. The van der Waals surface area contributed by atoms with Crippen LogP contribution in [0.15, 0.2) is 82.4 Å². The molecule has 7 heteroatoms. The number of benzene rings is 2. The van der Waals surface area contributed by atoms with Gasteiger partial charge in [0.2, 0.25) is 0 Å². The molecule has 2 aromatic carbocycles. The lowest BCUT2D eigenvalue weighted by Crippen LogP contribution is -2.44. The molecule has 0 saturated heterocycles.